The van der Waals surface area contributed by atoms with Crippen molar-refractivity contribution >= 4 is 17.2 Å². The lowest BCUT2D eigenvalue weighted by molar-refractivity contribution is -0.119. The van der Waals surface area contributed by atoms with Crippen molar-refractivity contribution in [3.8, 4) is 11.5 Å². The predicted octanol–water partition coefficient (Wildman–Crippen LogP) is 3.13. The molecular weight excluding hydrogens is 336 g/mol. The number of nitrogens with two attached hydrogens (primary N) is 1. The minimum atomic E-state index is -0.503. The molecule has 0 saturated carbocycles. The number of benzene rings is 1. The fourth-order valence-electron chi connectivity index (χ4n) is 3.43. The summed E-state index contributed by atoms with van der Waals surface area (Å²) in [4.78, 5) is 14.9. The lowest BCUT2D eigenvalue weighted by Gasteiger charge is -2.35. The van der Waals surface area contributed by atoms with Gasteiger partial charge in [0.15, 0.2) is 18.1 Å². The molecule has 6 heteroatoms. The van der Waals surface area contributed by atoms with E-state index in [-0.39, 0.29) is 6.61 Å². The summed E-state index contributed by atoms with van der Waals surface area (Å²) in [6.45, 7) is 4.01. The zero-order valence-electron chi connectivity index (χ0n) is 14.7. The number of carbonyl (C=O) groups is 1. The zero-order valence-corrected chi connectivity index (χ0v) is 15.5. The van der Waals surface area contributed by atoms with Crippen LogP contribution in [0.1, 0.15) is 35.4 Å². The highest BCUT2D eigenvalue weighted by atomic mass is 32.1. The van der Waals surface area contributed by atoms with Crippen molar-refractivity contribution in [1.29, 1.82) is 0 Å². The number of primary amides is 1. The minimum absolute atomic E-state index is 0.152. The Morgan fingerprint density at radius 1 is 1.36 bits per heavy atom. The summed E-state index contributed by atoms with van der Waals surface area (Å²) in [7, 11) is 1.60. The SMILES string of the molecule is CC[C@@H]1c2ccsc2CCN1Cc1ccc(OCC(N)=O)c(OC)c1. The number of methoxy groups -OCH3 is 1. The smallest absolute Gasteiger partial charge is 0.255 e. The van der Waals surface area contributed by atoms with E-state index in [1.807, 2.05) is 29.5 Å². The normalized spacial score (nSPS) is 17.1. The third-order valence-electron chi connectivity index (χ3n) is 4.58. The monoisotopic (exact) mass is 360 g/mol. The fraction of sp³-hybridized carbons (Fsp3) is 0.421. The Labute approximate surface area is 152 Å². The number of fused-ring (bicyclic) bond motifs is 1. The Kier molecular flexibility index (Phi) is 5.60. The molecule has 0 radical (unpaired) electrons. The summed E-state index contributed by atoms with van der Waals surface area (Å²) in [5, 5.41) is 2.20. The number of amides is 1. The van der Waals surface area contributed by atoms with Gasteiger partial charge in [0.1, 0.15) is 0 Å². The summed E-state index contributed by atoms with van der Waals surface area (Å²) >= 11 is 1.87. The fourth-order valence-corrected chi connectivity index (χ4v) is 4.36. The standard InChI is InChI=1S/C19H24N2O3S/c1-3-15-14-7-9-25-18(14)6-8-21(15)11-13-4-5-16(17(10-13)23-2)24-12-19(20)22/h4-5,7,9-10,15H,3,6,8,11-12H2,1-2H3,(H2,20,22)/t15-/m1/s1. The predicted molar refractivity (Wildman–Crippen MR) is 99.1 cm³/mol. The van der Waals surface area contributed by atoms with Crippen molar-refractivity contribution in [2.45, 2.75) is 32.4 Å². The second kappa shape index (κ2) is 7.89. The second-order valence-electron chi connectivity index (χ2n) is 6.18. The first-order valence-electron chi connectivity index (χ1n) is 8.50. The molecule has 2 N–H and O–H groups in total. The van der Waals surface area contributed by atoms with Gasteiger partial charge in [-0.15, -0.1) is 11.3 Å². The Bertz CT molecular complexity index is 744. The van der Waals surface area contributed by atoms with Crippen molar-refractivity contribution in [3.63, 3.8) is 0 Å². The number of ether oxygens (including phenoxy) is 2. The molecule has 2 heterocycles. The number of hydrogen-bond donors (Lipinski definition) is 1. The molecule has 1 atom stereocenters. The van der Waals surface area contributed by atoms with E-state index in [2.05, 4.69) is 23.3 Å². The highest BCUT2D eigenvalue weighted by Gasteiger charge is 2.27. The number of rotatable bonds is 7. The van der Waals surface area contributed by atoms with E-state index in [1.54, 1.807) is 7.11 Å². The van der Waals surface area contributed by atoms with Crippen LogP contribution in [0.5, 0.6) is 11.5 Å². The topological polar surface area (TPSA) is 64.8 Å². The zero-order chi connectivity index (χ0) is 17.8. The average Bonchev–Trinajstić information content (AvgIpc) is 3.09. The van der Waals surface area contributed by atoms with Gasteiger partial charge in [-0.25, -0.2) is 0 Å². The number of nitrogens with zero attached hydrogens (tertiary/aromatic N) is 1. The molecule has 0 spiro atoms. The molecule has 1 aliphatic rings. The van der Waals surface area contributed by atoms with Gasteiger partial charge in [0.25, 0.3) is 5.91 Å². The largest absolute Gasteiger partial charge is 0.493 e. The van der Waals surface area contributed by atoms with Gasteiger partial charge in [-0.05, 0) is 47.5 Å². The van der Waals surface area contributed by atoms with Crippen LogP contribution < -0.4 is 15.2 Å². The van der Waals surface area contributed by atoms with Crippen LogP contribution in [0.15, 0.2) is 29.6 Å². The van der Waals surface area contributed by atoms with E-state index in [0.717, 1.165) is 25.9 Å². The molecule has 25 heavy (non-hydrogen) atoms. The Balaban J connectivity index is 1.75. The first-order chi connectivity index (χ1) is 12.1. The molecule has 0 fully saturated rings. The maximum Gasteiger partial charge on any atom is 0.255 e. The van der Waals surface area contributed by atoms with E-state index in [0.29, 0.717) is 17.5 Å². The van der Waals surface area contributed by atoms with Gasteiger partial charge in [0.05, 0.1) is 7.11 Å². The molecule has 1 aliphatic heterocycles. The Hall–Kier alpha value is -2.05. The third kappa shape index (κ3) is 3.96. The second-order valence-corrected chi connectivity index (χ2v) is 7.18. The summed E-state index contributed by atoms with van der Waals surface area (Å²) < 4.78 is 10.8. The molecule has 134 valence electrons. The van der Waals surface area contributed by atoms with Gasteiger partial charge in [-0.3, -0.25) is 9.69 Å². The maximum absolute atomic E-state index is 10.9. The van der Waals surface area contributed by atoms with Crippen molar-refractivity contribution in [3.05, 3.63) is 45.6 Å². The molecule has 0 saturated heterocycles. The lowest BCUT2D eigenvalue weighted by atomic mass is 9.97. The minimum Gasteiger partial charge on any atom is -0.493 e. The molecule has 1 aromatic heterocycles. The van der Waals surface area contributed by atoms with Gasteiger partial charge in [-0.1, -0.05) is 13.0 Å². The Morgan fingerprint density at radius 2 is 2.20 bits per heavy atom. The summed E-state index contributed by atoms with van der Waals surface area (Å²) in [5.74, 6) is 0.660. The van der Waals surface area contributed by atoms with Crippen molar-refractivity contribution in [2.24, 2.45) is 5.73 Å². The molecule has 1 amide bonds. The molecule has 0 unspecified atom stereocenters. The van der Waals surface area contributed by atoms with E-state index in [1.165, 1.54) is 16.0 Å². The summed E-state index contributed by atoms with van der Waals surface area (Å²) in [6.07, 6.45) is 2.21. The highest BCUT2D eigenvalue weighted by molar-refractivity contribution is 7.10. The third-order valence-corrected chi connectivity index (χ3v) is 5.57. The first kappa shape index (κ1) is 17.8. The van der Waals surface area contributed by atoms with Crippen LogP contribution >= 0.6 is 11.3 Å². The molecule has 5 nitrogen and oxygen atoms in total. The van der Waals surface area contributed by atoms with Gasteiger partial charge < -0.3 is 15.2 Å². The average molecular weight is 360 g/mol. The molecule has 0 aliphatic carbocycles. The lowest BCUT2D eigenvalue weighted by Crippen LogP contribution is -2.33. The van der Waals surface area contributed by atoms with Crippen LogP contribution in [-0.4, -0.2) is 31.1 Å². The molecular formula is C19H24N2O3S. The van der Waals surface area contributed by atoms with Crippen LogP contribution in [0, 0.1) is 0 Å². The summed E-state index contributed by atoms with van der Waals surface area (Å²) in [6, 6.07) is 8.58. The molecule has 0 bridgehead atoms. The molecule has 1 aromatic carbocycles. The van der Waals surface area contributed by atoms with Crippen LogP contribution in [0.25, 0.3) is 0 Å². The van der Waals surface area contributed by atoms with Gasteiger partial charge in [0.2, 0.25) is 0 Å². The summed E-state index contributed by atoms with van der Waals surface area (Å²) in [5.41, 5.74) is 7.78. The van der Waals surface area contributed by atoms with Crippen molar-refractivity contribution < 1.29 is 14.3 Å². The maximum atomic E-state index is 10.9. The van der Waals surface area contributed by atoms with Crippen molar-refractivity contribution in [2.75, 3.05) is 20.3 Å². The van der Waals surface area contributed by atoms with E-state index in [4.69, 9.17) is 15.2 Å². The molecule has 3 rings (SSSR count). The van der Waals surface area contributed by atoms with E-state index >= 15 is 0 Å². The highest BCUT2D eigenvalue weighted by Crippen LogP contribution is 2.37. The van der Waals surface area contributed by atoms with Crippen molar-refractivity contribution in [1.82, 2.24) is 4.90 Å². The number of thiophene rings is 1. The van der Waals surface area contributed by atoms with Gasteiger partial charge in [0, 0.05) is 24.0 Å². The quantitative estimate of drug-likeness (QED) is 0.824. The van der Waals surface area contributed by atoms with E-state index in [9.17, 15) is 4.79 Å². The molecule has 2 aromatic rings. The number of hydrogen-bond acceptors (Lipinski definition) is 5. The first-order valence-corrected chi connectivity index (χ1v) is 9.38. The van der Waals surface area contributed by atoms with E-state index < -0.39 is 5.91 Å². The van der Waals surface area contributed by atoms with Gasteiger partial charge in [-0.2, -0.15) is 0 Å². The van der Waals surface area contributed by atoms with Crippen LogP contribution in [0.2, 0.25) is 0 Å². The Morgan fingerprint density at radius 3 is 2.92 bits per heavy atom. The van der Waals surface area contributed by atoms with Crippen LogP contribution in [-0.2, 0) is 17.8 Å². The number of carbonyl (C=O) groups excluding carboxylic acids is 1. The van der Waals surface area contributed by atoms with Gasteiger partial charge >= 0.3 is 0 Å². The van der Waals surface area contributed by atoms with Crippen LogP contribution in [0.4, 0.5) is 0 Å². The van der Waals surface area contributed by atoms with Crippen LogP contribution in [0.3, 0.4) is 0 Å².